The zero-order valence-electron chi connectivity index (χ0n) is 11.2. The topological polar surface area (TPSA) is 53.9 Å². The Balaban J connectivity index is 1.80. The molecule has 2 N–H and O–H groups in total. The van der Waals surface area contributed by atoms with E-state index in [0.717, 1.165) is 24.3 Å². The van der Waals surface area contributed by atoms with E-state index in [2.05, 4.69) is 39.7 Å². The number of anilines is 1. The lowest BCUT2D eigenvalue weighted by Crippen LogP contribution is -1.90. The van der Waals surface area contributed by atoms with Crippen molar-refractivity contribution in [1.82, 2.24) is 9.97 Å². The van der Waals surface area contributed by atoms with Gasteiger partial charge in [0.2, 0.25) is 0 Å². The van der Waals surface area contributed by atoms with Crippen molar-refractivity contribution in [3.05, 3.63) is 47.5 Å². The van der Waals surface area contributed by atoms with Gasteiger partial charge in [-0.1, -0.05) is 18.2 Å². The molecule has 0 fully saturated rings. The van der Waals surface area contributed by atoms with E-state index in [1.54, 1.807) is 0 Å². The maximum atomic E-state index is 5.64. The summed E-state index contributed by atoms with van der Waals surface area (Å²) in [5.41, 5.74) is 3.46. The lowest BCUT2D eigenvalue weighted by molar-refractivity contribution is 0.516. The summed E-state index contributed by atoms with van der Waals surface area (Å²) in [6.07, 6.45) is 3.89. The van der Waals surface area contributed by atoms with E-state index in [0.29, 0.717) is 6.01 Å². The molecule has 4 heteroatoms. The fraction of sp³-hybridized carbons (Fsp3) is 0.267. The summed E-state index contributed by atoms with van der Waals surface area (Å²) in [7, 11) is 1.81. The maximum absolute atomic E-state index is 5.64. The van der Waals surface area contributed by atoms with Crippen molar-refractivity contribution < 1.29 is 4.42 Å². The van der Waals surface area contributed by atoms with E-state index in [4.69, 9.17) is 4.42 Å². The van der Waals surface area contributed by atoms with Gasteiger partial charge in [0.25, 0.3) is 6.01 Å². The zero-order chi connectivity index (χ0) is 13.2. The Morgan fingerprint density at radius 2 is 2.11 bits per heavy atom. The van der Waals surface area contributed by atoms with Gasteiger partial charge in [-0.05, 0) is 25.0 Å². The van der Waals surface area contributed by atoms with Gasteiger partial charge in [-0.15, -0.1) is 0 Å². The normalized spacial score (nSPS) is 11.1. The van der Waals surface area contributed by atoms with Crippen LogP contribution in [-0.4, -0.2) is 17.0 Å². The fourth-order valence-corrected chi connectivity index (χ4v) is 2.35. The summed E-state index contributed by atoms with van der Waals surface area (Å²) in [6, 6.07) is 8.94. The van der Waals surface area contributed by atoms with Crippen LogP contribution in [0.15, 0.2) is 34.9 Å². The zero-order valence-corrected chi connectivity index (χ0v) is 11.2. The number of fused-ring (bicyclic) bond motifs is 1. The Morgan fingerprint density at radius 1 is 1.26 bits per heavy atom. The summed E-state index contributed by atoms with van der Waals surface area (Å²) < 4.78 is 5.64. The molecule has 0 unspecified atom stereocenters. The molecule has 0 radical (unpaired) electrons. The Hall–Kier alpha value is -2.23. The second-order valence-corrected chi connectivity index (χ2v) is 4.64. The van der Waals surface area contributed by atoms with Crippen LogP contribution in [0.5, 0.6) is 0 Å². The molecule has 0 amide bonds. The number of nitrogens with one attached hydrogen (secondary N) is 2. The number of aromatic nitrogens is 2. The highest BCUT2D eigenvalue weighted by atomic mass is 16.4. The first-order chi connectivity index (χ1) is 9.28. The summed E-state index contributed by atoms with van der Waals surface area (Å²) in [5, 5.41) is 4.21. The Morgan fingerprint density at radius 3 is 2.89 bits per heavy atom. The van der Waals surface area contributed by atoms with E-state index in [1.165, 1.54) is 16.5 Å². The molecule has 0 bridgehead atoms. The van der Waals surface area contributed by atoms with Crippen molar-refractivity contribution in [2.75, 3.05) is 12.4 Å². The molecule has 2 heterocycles. The van der Waals surface area contributed by atoms with Crippen LogP contribution in [0.2, 0.25) is 0 Å². The monoisotopic (exact) mass is 255 g/mol. The van der Waals surface area contributed by atoms with Crippen LogP contribution >= 0.6 is 0 Å². The second kappa shape index (κ2) is 4.80. The average Bonchev–Trinajstić information content (AvgIpc) is 3.00. The van der Waals surface area contributed by atoms with E-state index in [-0.39, 0.29) is 0 Å². The molecule has 0 saturated carbocycles. The van der Waals surface area contributed by atoms with Crippen LogP contribution in [0, 0.1) is 6.92 Å². The van der Waals surface area contributed by atoms with Gasteiger partial charge in [-0.25, -0.2) is 0 Å². The number of benzene rings is 1. The first kappa shape index (κ1) is 11.8. The molecule has 4 nitrogen and oxygen atoms in total. The van der Waals surface area contributed by atoms with E-state index >= 15 is 0 Å². The summed E-state index contributed by atoms with van der Waals surface area (Å²) in [4.78, 5) is 7.60. The number of nitrogens with zero attached hydrogens (tertiary/aromatic N) is 1. The first-order valence-electron chi connectivity index (χ1n) is 6.47. The molecule has 1 aromatic carbocycles. The van der Waals surface area contributed by atoms with Crippen LogP contribution in [0.25, 0.3) is 10.9 Å². The molecule has 19 heavy (non-hydrogen) atoms. The van der Waals surface area contributed by atoms with Crippen molar-refractivity contribution in [2.24, 2.45) is 0 Å². The van der Waals surface area contributed by atoms with Crippen LogP contribution < -0.4 is 5.32 Å². The Labute approximate surface area is 111 Å². The third kappa shape index (κ3) is 2.21. The lowest BCUT2D eigenvalue weighted by Gasteiger charge is -1.98. The third-order valence-electron chi connectivity index (χ3n) is 3.40. The minimum atomic E-state index is 0.589. The Bertz CT molecular complexity index is 696. The van der Waals surface area contributed by atoms with Gasteiger partial charge in [-0.2, -0.15) is 4.98 Å². The van der Waals surface area contributed by atoms with Gasteiger partial charge in [0, 0.05) is 30.6 Å². The SMILES string of the molecule is CNc1nc(C)c(CCc2c[nH]c3ccccc23)o1. The van der Waals surface area contributed by atoms with Gasteiger partial charge in [0.1, 0.15) is 5.76 Å². The quantitative estimate of drug-likeness (QED) is 0.752. The molecule has 0 atom stereocenters. The smallest absolute Gasteiger partial charge is 0.294 e. The summed E-state index contributed by atoms with van der Waals surface area (Å²) in [5.74, 6) is 0.953. The third-order valence-corrected chi connectivity index (χ3v) is 3.40. The van der Waals surface area contributed by atoms with Crippen LogP contribution in [0.1, 0.15) is 17.0 Å². The van der Waals surface area contributed by atoms with Crippen molar-refractivity contribution in [1.29, 1.82) is 0 Å². The highest BCUT2D eigenvalue weighted by Crippen LogP contribution is 2.21. The highest BCUT2D eigenvalue weighted by molar-refractivity contribution is 5.83. The van der Waals surface area contributed by atoms with Gasteiger partial charge < -0.3 is 14.7 Å². The van der Waals surface area contributed by atoms with Crippen LogP contribution in [-0.2, 0) is 12.8 Å². The fourth-order valence-electron chi connectivity index (χ4n) is 2.35. The van der Waals surface area contributed by atoms with Gasteiger partial charge in [0.05, 0.1) is 5.69 Å². The molecule has 0 aliphatic carbocycles. The van der Waals surface area contributed by atoms with Gasteiger partial charge in [0.15, 0.2) is 0 Å². The largest absolute Gasteiger partial charge is 0.428 e. The van der Waals surface area contributed by atoms with Gasteiger partial charge >= 0.3 is 0 Å². The average molecular weight is 255 g/mol. The molecule has 0 spiro atoms. The van der Waals surface area contributed by atoms with Gasteiger partial charge in [-0.3, -0.25) is 0 Å². The number of hydrogen-bond donors (Lipinski definition) is 2. The number of oxazole rings is 1. The standard InChI is InChI=1S/C15H17N3O/c1-10-14(19-15(16-2)18-10)8-7-11-9-17-13-6-4-3-5-12(11)13/h3-6,9,17H,7-8H2,1-2H3,(H,16,18). The molecular weight excluding hydrogens is 238 g/mol. The number of aromatic amines is 1. The minimum absolute atomic E-state index is 0.589. The molecular formula is C15H17N3O. The number of para-hydroxylation sites is 1. The number of rotatable bonds is 4. The second-order valence-electron chi connectivity index (χ2n) is 4.64. The lowest BCUT2D eigenvalue weighted by atomic mass is 10.1. The number of hydrogen-bond acceptors (Lipinski definition) is 3. The molecule has 0 aliphatic heterocycles. The molecule has 98 valence electrons. The number of aryl methyl sites for hydroxylation is 3. The van der Waals surface area contributed by atoms with Crippen molar-refractivity contribution in [3.63, 3.8) is 0 Å². The van der Waals surface area contributed by atoms with Crippen LogP contribution in [0.3, 0.4) is 0 Å². The molecule has 2 aromatic heterocycles. The molecule has 0 aliphatic rings. The van der Waals surface area contributed by atoms with E-state index < -0.39 is 0 Å². The van der Waals surface area contributed by atoms with Crippen molar-refractivity contribution in [2.45, 2.75) is 19.8 Å². The predicted octanol–water partition coefficient (Wildman–Crippen LogP) is 3.29. The minimum Gasteiger partial charge on any atom is -0.428 e. The van der Waals surface area contributed by atoms with Crippen molar-refractivity contribution in [3.8, 4) is 0 Å². The maximum Gasteiger partial charge on any atom is 0.294 e. The summed E-state index contributed by atoms with van der Waals surface area (Å²) in [6.45, 7) is 1.98. The van der Waals surface area contributed by atoms with Crippen molar-refractivity contribution >= 4 is 16.9 Å². The first-order valence-corrected chi connectivity index (χ1v) is 6.47. The number of H-pyrrole nitrogens is 1. The predicted molar refractivity (Wildman–Crippen MR) is 76.5 cm³/mol. The molecule has 3 aromatic rings. The highest BCUT2D eigenvalue weighted by Gasteiger charge is 2.10. The molecule has 0 saturated heterocycles. The summed E-state index contributed by atoms with van der Waals surface area (Å²) >= 11 is 0. The van der Waals surface area contributed by atoms with E-state index in [9.17, 15) is 0 Å². The van der Waals surface area contributed by atoms with E-state index in [1.807, 2.05) is 20.0 Å². The molecule has 3 rings (SSSR count). The Kier molecular flexibility index (Phi) is 2.99. The van der Waals surface area contributed by atoms with Crippen LogP contribution in [0.4, 0.5) is 6.01 Å².